The molecule has 0 saturated carbocycles. The van der Waals surface area contributed by atoms with Gasteiger partial charge in [-0.3, -0.25) is 19.5 Å². The van der Waals surface area contributed by atoms with Gasteiger partial charge < -0.3 is 30.9 Å². The number of anilines is 1. The first-order valence-electron chi connectivity index (χ1n) is 11.9. The van der Waals surface area contributed by atoms with Crippen LogP contribution in [-0.4, -0.2) is 87.7 Å². The zero-order chi connectivity index (χ0) is 27.0. The Kier molecular flexibility index (Phi) is 5.54. The molecule has 11 nitrogen and oxygen atoms in total. The van der Waals surface area contributed by atoms with Crippen LogP contribution in [0.1, 0.15) is 22.3 Å². The highest BCUT2D eigenvalue weighted by molar-refractivity contribution is 6.24. The number of amides is 1. The van der Waals surface area contributed by atoms with Crippen LogP contribution in [0.15, 0.2) is 41.4 Å². The number of rotatable bonds is 4. The summed E-state index contributed by atoms with van der Waals surface area (Å²) in [6, 6.07) is 1.19. The van der Waals surface area contributed by atoms with Gasteiger partial charge in [0.1, 0.15) is 11.5 Å². The predicted molar refractivity (Wildman–Crippen MR) is 134 cm³/mol. The van der Waals surface area contributed by atoms with Crippen molar-refractivity contribution in [3.8, 4) is 16.9 Å². The summed E-state index contributed by atoms with van der Waals surface area (Å²) in [6.07, 6.45) is 5.01. The normalized spacial score (nSPS) is 27.0. The molecule has 1 aromatic carbocycles. The number of allylic oxidation sites excluding steroid dienone is 1. The van der Waals surface area contributed by atoms with E-state index in [1.807, 2.05) is 19.0 Å². The second-order valence-electron chi connectivity index (χ2n) is 10.4. The van der Waals surface area contributed by atoms with Crippen molar-refractivity contribution in [1.82, 2.24) is 15.1 Å². The van der Waals surface area contributed by atoms with E-state index >= 15 is 0 Å². The van der Waals surface area contributed by atoms with E-state index in [4.69, 9.17) is 5.73 Å². The number of likely N-dealkylation sites (N-methyl/N-ethyl adjacent to an activating group) is 1. The number of hydrogen-bond donors (Lipinski definition) is 5. The number of Topliss-reactive ketones (excluding diaryl/α,β-unsaturated/α-hetero) is 2. The van der Waals surface area contributed by atoms with Gasteiger partial charge in [-0.15, -0.1) is 0 Å². The number of nitrogens with one attached hydrogen (secondary N) is 1. The Balaban J connectivity index is 1.74. The van der Waals surface area contributed by atoms with Gasteiger partial charge in [0.25, 0.3) is 5.91 Å². The second-order valence-corrected chi connectivity index (χ2v) is 10.4. The lowest BCUT2D eigenvalue weighted by Crippen LogP contribution is -2.62. The van der Waals surface area contributed by atoms with Crippen LogP contribution in [0.5, 0.6) is 5.75 Å². The Bertz CT molecular complexity index is 1410. The molecule has 1 heterocycles. The van der Waals surface area contributed by atoms with Crippen molar-refractivity contribution < 1.29 is 29.7 Å². The first-order valence-corrected chi connectivity index (χ1v) is 11.9. The number of H-pyrrole nitrogens is 1. The highest BCUT2D eigenvalue weighted by Gasteiger charge is 2.61. The molecule has 0 bridgehead atoms. The number of phenolic OH excluding ortho intramolecular Hbond substituents is 1. The van der Waals surface area contributed by atoms with Gasteiger partial charge in [-0.1, -0.05) is 6.08 Å². The predicted octanol–water partition coefficient (Wildman–Crippen LogP) is 0.691. The standard InChI is InChI=1S/C26H29N5O6/c1-30(2)17-7-13(12-9-28-29-10-12)21(32)20-14(17)5-11-6-16-18(31(3)4)8-15(25(27)36)23(34)26(16,37)24(35)19(11)22(20)33/h7-11,16,18,32,35,37H,5-6H2,1-4H3,(H2,27,36)(H,28,29)/t11?,16?,18-,26-/m1/s1. The number of aromatic nitrogens is 2. The molecular weight excluding hydrogens is 478 g/mol. The van der Waals surface area contributed by atoms with Gasteiger partial charge in [0.2, 0.25) is 5.78 Å². The van der Waals surface area contributed by atoms with E-state index in [9.17, 15) is 29.7 Å². The zero-order valence-corrected chi connectivity index (χ0v) is 20.9. The number of aromatic hydroxyl groups is 1. The maximum atomic E-state index is 14.0. The smallest absolute Gasteiger partial charge is 0.252 e. The van der Waals surface area contributed by atoms with Crippen LogP contribution in [-0.2, 0) is 16.0 Å². The lowest BCUT2D eigenvalue weighted by molar-refractivity contribution is -0.146. The minimum absolute atomic E-state index is 0.000310. The Morgan fingerprint density at radius 1 is 1.22 bits per heavy atom. The van der Waals surface area contributed by atoms with Crippen LogP contribution >= 0.6 is 0 Å². The molecule has 194 valence electrons. The van der Waals surface area contributed by atoms with Gasteiger partial charge in [-0.05, 0) is 44.5 Å². The van der Waals surface area contributed by atoms with Gasteiger partial charge >= 0.3 is 0 Å². The van der Waals surface area contributed by atoms with Crippen molar-refractivity contribution in [3.05, 3.63) is 52.6 Å². The first-order chi connectivity index (χ1) is 17.4. The fourth-order valence-electron chi connectivity index (χ4n) is 6.13. The van der Waals surface area contributed by atoms with E-state index in [-0.39, 0.29) is 23.3 Å². The van der Waals surface area contributed by atoms with E-state index in [0.717, 1.165) is 5.69 Å². The van der Waals surface area contributed by atoms with Gasteiger partial charge in [0.15, 0.2) is 11.4 Å². The van der Waals surface area contributed by atoms with E-state index in [2.05, 4.69) is 10.2 Å². The van der Waals surface area contributed by atoms with Crippen LogP contribution in [0.3, 0.4) is 0 Å². The summed E-state index contributed by atoms with van der Waals surface area (Å²) >= 11 is 0. The van der Waals surface area contributed by atoms with E-state index in [1.165, 1.54) is 12.3 Å². The maximum absolute atomic E-state index is 14.0. The third-order valence-corrected chi connectivity index (χ3v) is 7.90. The average Bonchev–Trinajstić information content (AvgIpc) is 3.35. The topological polar surface area (TPSA) is 173 Å². The molecule has 0 saturated heterocycles. The van der Waals surface area contributed by atoms with Crippen molar-refractivity contribution >= 4 is 23.2 Å². The number of aromatic amines is 1. The number of benzene rings is 1. The third-order valence-electron chi connectivity index (χ3n) is 7.90. The fourth-order valence-corrected chi connectivity index (χ4v) is 6.13. The van der Waals surface area contributed by atoms with Crippen molar-refractivity contribution in [1.29, 1.82) is 0 Å². The number of aliphatic hydroxyl groups excluding tert-OH is 1. The Labute approximate surface area is 212 Å². The summed E-state index contributed by atoms with van der Waals surface area (Å²) in [6.45, 7) is 0. The van der Waals surface area contributed by atoms with Crippen molar-refractivity contribution in [2.24, 2.45) is 17.6 Å². The number of phenols is 1. The molecule has 3 aliphatic carbocycles. The number of ketones is 2. The van der Waals surface area contributed by atoms with Crippen LogP contribution in [0.4, 0.5) is 5.69 Å². The summed E-state index contributed by atoms with van der Waals surface area (Å²) in [5, 5.41) is 41.0. The molecule has 5 rings (SSSR count). The van der Waals surface area contributed by atoms with Gasteiger partial charge in [-0.2, -0.15) is 5.10 Å². The van der Waals surface area contributed by atoms with Crippen molar-refractivity contribution in [3.63, 3.8) is 0 Å². The number of fused-ring (bicyclic) bond motifs is 3. The SMILES string of the molecule is CN(C)c1cc(-c2cn[nH]c2)c(O)c2c1CC1CC3[C@H](N(C)C)C=C(C(N)=O)C(=O)[C@@]3(O)C(O)=C1C2=O. The lowest BCUT2D eigenvalue weighted by Gasteiger charge is -2.49. The Hall–Kier alpha value is -3.96. The third kappa shape index (κ3) is 3.34. The quantitative estimate of drug-likeness (QED) is 0.373. The average molecular weight is 508 g/mol. The molecule has 4 atom stereocenters. The van der Waals surface area contributed by atoms with E-state index in [1.54, 1.807) is 31.3 Å². The summed E-state index contributed by atoms with van der Waals surface area (Å²) in [4.78, 5) is 42.9. The van der Waals surface area contributed by atoms with Gasteiger partial charge in [0.05, 0.1) is 17.3 Å². The Morgan fingerprint density at radius 2 is 1.92 bits per heavy atom. The lowest BCUT2D eigenvalue weighted by atomic mass is 9.59. The fraction of sp³-hybridized carbons (Fsp3) is 0.385. The highest BCUT2D eigenvalue weighted by Crippen LogP contribution is 2.53. The number of aliphatic hydroxyl groups is 2. The summed E-state index contributed by atoms with van der Waals surface area (Å²) < 4.78 is 0. The highest BCUT2D eigenvalue weighted by atomic mass is 16.3. The zero-order valence-electron chi connectivity index (χ0n) is 20.9. The number of hydrogen-bond acceptors (Lipinski definition) is 9. The molecule has 0 aliphatic heterocycles. The van der Waals surface area contributed by atoms with Crippen LogP contribution in [0, 0.1) is 11.8 Å². The first kappa shape index (κ1) is 24.7. The summed E-state index contributed by atoms with van der Waals surface area (Å²) in [5.41, 5.74) is 4.63. The maximum Gasteiger partial charge on any atom is 0.252 e. The van der Waals surface area contributed by atoms with E-state index in [0.29, 0.717) is 23.1 Å². The summed E-state index contributed by atoms with van der Waals surface area (Å²) in [7, 11) is 7.12. The minimum Gasteiger partial charge on any atom is -0.508 e. The van der Waals surface area contributed by atoms with Crippen LogP contribution in [0.25, 0.3) is 11.1 Å². The molecule has 2 unspecified atom stereocenters. The number of carbonyl (C=O) groups excluding carboxylic acids is 3. The molecule has 2 aromatic rings. The van der Waals surface area contributed by atoms with E-state index < -0.39 is 52.3 Å². The van der Waals surface area contributed by atoms with Crippen LogP contribution < -0.4 is 10.6 Å². The number of nitrogens with zero attached hydrogens (tertiary/aromatic N) is 3. The Morgan fingerprint density at radius 3 is 2.49 bits per heavy atom. The largest absolute Gasteiger partial charge is 0.508 e. The molecule has 0 spiro atoms. The molecule has 0 radical (unpaired) electrons. The summed E-state index contributed by atoms with van der Waals surface area (Å²) in [5.74, 6) is -5.15. The number of carbonyl (C=O) groups is 3. The van der Waals surface area contributed by atoms with Crippen LogP contribution in [0.2, 0.25) is 0 Å². The van der Waals surface area contributed by atoms with Crippen molar-refractivity contribution in [2.45, 2.75) is 24.5 Å². The molecule has 11 heteroatoms. The van der Waals surface area contributed by atoms with Gasteiger partial charge in [0, 0.05) is 54.6 Å². The second kappa shape index (κ2) is 8.29. The molecule has 1 aromatic heterocycles. The minimum atomic E-state index is -2.50. The number of nitrogens with two attached hydrogens (primary N) is 1. The number of primary amides is 1. The monoisotopic (exact) mass is 507 g/mol. The molecular formula is C26H29N5O6. The molecule has 1 amide bonds. The van der Waals surface area contributed by atoms with Gasteiger partial charge in [-0.25, -0.2) is 0 Å². The van der Waals surface area contributed by atoms with Crippen molar-refractivity contribution in [2.75, 3.05) is 33.1 Å². The molecule has 6 N–H and O–H groups in total. The molecule has 0 fully saturated rings. The molecule has 37 heavy (non-hydrogen) atoms. The molecule has 3 aliphatic rings.